The van der Waals surface area contributed by atoms with E-state index in [2.05, 4.69) is 19.1 Å². The lowest BCUT2D eigenvalue weighted by Crippen LogP contribution is -2.46. The summed E-state index contributed by atoms with van der Waals surface area (Å²) in [5, 5.41) is 0. The number of benzene rings is 2. The van der Waals surface area contributed by atoms with Crippen LogP contribution in [0.25, 0.3) is 0 Å². The number of hydrogen-bond acceptors (Lipinski definition) is 3. The number of Topliss-reactive ketones (excluding diaryl/α,β-unsaturated/α-hetero) is 1. The van der Waals surface area contributed by atoms with Crippen molar-refractivity contribution in [1.29, 1.82) is 0 Å². The maximum Gasteiger partial charge on any atom is 0.228 e. The molecule has 0 bridgehead atoms. The average Bonchev–Trinajstić information content (AvgIpc) is 3.12. The van der Waals surface area contributed by atoms with E-state index in [9.17, 15) is 9.59 Å². The summed E-state index contributed by atoms with van der Waals surface area (Å²) in [7, 11) is 0. The zero-order valence-electron chi connectivity index (χ0n) is 14.6. The maximum absolute atomic E-state index is 13.0. The monoisotopic (exact) mass is 345 g/mol. The number of fused-ring (bicyclic) bond motifs is 1. The van der Waals surface area contributed by atoms with E-state index in [0.29, 0.717) is 13.0 Å². The molecule has 2 aliphatic heterocycles. The van der Waals surface area contributed by atoms with Gasteiger partial charge in [0.1, 0.15) is 5.75 Å². The molecule has 2 aromatic rings. The number of allylic oxidation sites excluding steroid dienone is 1. The van der Waals surface area contributed by atoms with Crippen LogP contribution >= 0.6 is 0 Å². The summed E-state index contributed by atoms with van der Waals surface area (Å²) in [5.74, 6) is 0.833. The fourth-order valence-corrected chi connectivity index (χ4v) is 4.64. The predicted molar refractivity (Wildman–Crippen MR) is 96.6 cm³/mol. The highest BCUT2D eigenvalue weighted by molar-refractivity contribution is 5.96. The predicted octanol–water partition coefficient (Wildman–Crippen LogP) is 3.28. The van der Waals surface area contributed by atoms with Gasteiger partial charge >= 0.3 is 0 Å². The Hall–Kier alpha value is -2.88. The van der Waals surface area contributed by atoms with E-state index < -0.39 is 11.5 Å². The molecule has 2 aromatic carbocycles. The Labute approximate surface area is 152 Å². The molecule has 130 valence electrons. The summed E-state index contributed by atoms with van der Waals surface area (Å²) in [6.07, 6.45) is 1.95. The second kappa shape index (κ2) is 5.31. The van der Waals surface area contributed by atoms with Gasteiger partial charge in [-0.3, -0.25) is 9.59 Å². The molecule has 2 atom stereocenters. The molecule has 4 nitrogen and oxygen atoms in total. The molecule has 5 rings (SSSR count). The van der Waals surface area contributed by atoms with Gasteiger partial charge in [-0.1, -0.05) is 48.5 Å². The highest BCUT2D eigenvalue weighted by atomic mass is 16.5. The second-order valence-electron chi connectivity index (χ2n) is 7.31. The highest BCUT2D eigenvalue weighted by Crippen LogP contribution is 2.56. The molecule has 0 radical (unpaired) electrons. The van der Waals surface area contributed by atoms with Crippen LogP contribution in [0.15, 0.2) is 60.3 Å². The fraction of sp³-hybridized carbons (Fsp3) is 0.273. The van der Waals surface area contributed by atoms with Crippen LogP contribution in [0, 0.1) is 6.92 Å². The highest BCUT2D eigenvalue weighted by Gasteiger charge is 2.62. The van der Waals surface area contributed by atoms with Crippen LogP contribution in [0.5, 0.6) is 5.75 Å². The molecule has 2 unspecified atom stereocenters. The van der Waals surface area contributed by atoms with Crippen molar-refractivity contribution in [3.8, 4) is 5.75 Å². The average molecular weight is 345 g/mol. The number of carbonyl (C=O) groups is 2. The van der Waals surface area contributed by atoms with Crippen LogP contribution in [0.3, 0.4) is 0 Å². The van der Waals surface area contributed by atoms with E-state index in [1.54, 1.807) is 0 Å². The molecule has 1 spiro atoms. The fourth-order valence-electron chi connectivity index (χ4n) is 4.64. The van der Waals surface area contributed by atoms with Crippen molar-refractivity contribution >= 4 is 11.7 Å². The number of hydrogen-bond donors (Lipinski definition) is 0. The van der Waals surface area contributed by atoms with Crippen molar-refractivity contribution in [2.75, 3.05) is 0 Å². The SMILES string of the molecule is Cc1ccccc1CN1C(=O)CC23C1=CCC(=O)C2Oc1ccccc13. The minimum Gasteiger partial charge on any atom is -0.481 e. The van der Waals surface area contributed by atoms with Crippen molar-refractivity contribution < 1.29 is 14.3 Å². The zero-order chi connectivity index (χ0) is 17.9. The molecular weight excluding hydrogens is 326 g/mol. The number of rotatable bonds is 2. The van der Waals surface area contributed by atoms with Gasteiger partial charge < -0.3 is 9.64 Å². The Morgan fingerprint density at radius 2 is 1.88 bits per heavy atom. The number of ketones is 1. The number of ether oxygens (including phenoxy) is 1. The Balaban J connectivity index is 1.63. The maximum atomic E-state index is 13.0. The van der Waals surface area contributed by atoms with E-state index in [0.717, 1.165) is 28.1 Å². The lowest BCUT2D eigenvalue weighted by atomic mass is 9.69. The van der Waals surface area contributed by atoms with Gasteiger partial charge in [0.25, 0.3) is 0 Å². The summed E-state index contributed by atoms with van der Waals surface area (Å²) in [5.41, 5.74) is 3.52. The molecule has 4 heteroatoms. The molecule has 0 N–H and O–H groups in total. The van der Waals surface area contributed by atoms with Gasteiger partial charge in [0.2, 0.25) is 5.91 Å². The quantitative estimate of drug-likeness (QED) is 0.839. The van der Waals surface area contributed by atoms with Crippen LogP contribution < -0.4 is 4.74 Å². The number of likely N-dealkylation sites (tertiary alicyclic amines) is 1. The molecule has 2 heterocycles. The van der Waals surface area contributed by atoms with Gasteiger partial charge in [-0.2, -0.15) is 0 Å². The Morgan fingerprint density at radius 3 is 2.73 bits per heavy atom. The third-order valence-corrected chi connectivity index (χ3v) is 5.92. The topological polar surface area (TPSA) is 46.6 Å². The molecule has 1 aliphatic carbocycles. The third kappa shape index (κ3) is 1.90. The van der Waals surface area contributed by atoms with Crippen molar-refractivity contribution in [2.24, 2.45) is 0 Å². The molecule has 26 heavy (non-hydrogen) atoms. The molecule has 0 saturated carbocycles. The van der Waals surface area contributed by atoms with E-state index in [4.69, 9.17) is 4.74 Å². The largest absolute Gasteiger partial charge is 0.481 e. The normalized spacial score (nSPS) is 26.1. The van der Waals surface area contributed by atoms with E-state index >= 15 is 0 Å². The molecule has 1 amide bonds. The second-order valence-corrected chi connectivity index (χ2v) is 7.31. The van der Waals surface area contributed by atoms with Crippen LogP contribution in [-0.4, -0.2) is 22.7 Å². The van der Waals surface area contributed by atoms with Crippen molar-refractivity contribution in [1.82, 2.24) is 4.90 Å². The molecule has 3 aliphatic rings. The zero-order valence-corrected chi connectivity index (χ0v) is 14.6. The minimum atomic E-state index is -0.661. The van der Waals surface area contributed by atoms with Crippen molar-refractivity contribution in [2.45, 2.75) is 37.8 Å². The molecule has 0 aromatic heterocycles. The van der Waals surface area contributed by atoms with Gasteiger partial charge in [0.15, 0.2) is 11.9 Å². The first-order valence-electron chi connectivity index (χ1n) is 8.95. The number of para-hydroxylation sites is 1. The summed E-state index contributed by atoms with van der Waals surface area (Å²) in [6.45, 7) is 2.59. The van der Waals surface area contributed by atoms with Crippen LogP contribution in [-0.2, 0) is 21.5 Å². The summed E-state index contributed by atoms with van der Waals surface area (Å²) >= 11 is 0. The lowest BCUT2D eigenvalue weighted by molar-refractivity contribution is -0.127. The van der Waals surface area contributed by atoms with Gasteiger partial charge in [-0.15, -0.1) is 0 Å². The molecule has 1 fully saturated rings. The lowest BCUT2D eigenvalue weighted by Gasteiger charge is -2.34. The van der Waals surface area contributed by atoms with E-state index in [1.165, 1.54) is 0 Å². The first-order valence-corrected chi connectivity index (χ1v) is 8.95. The number of carbonyl (C=O) groups excluding carboxylic acids is 2. The molecular formula is C22H19NO3. The van der Waals surface area contributed by atoms with Gasteiger partial charge in [-0.25, -0.2) is 0 Å². The van der Waals surface area contributed by atoms with Crippen molar-refractivity contribution in [3.63, 3.8) is 0 Å². The number of nitrogens with zero attached hydrogens (tertiary/aromatic N) is 1. The smallest absolute Gasteiger partial charge is 0.228 e. The van der Waals surface area contributed by atoms with Crippen LogP contribution in [0.2, 0.25) is 0 Å². The standard InChI is InChI=1S/C22H19NO3/c1-14-6-2-3-7-15(14)13-23-19-11-10-17(24)21-22(19,12-20(23)25)16-8-4-5-9-18(16)26-21/h2-9,11,21H,10,12-13H2,1H3. The first kappa shape index (κ1) is 15.4. The first-order chi connectivity index (χ1) is 12.6. The Morgan fingerprint density at radius 1 is 1.12 bits per heavy atom. The number of aryl methyl sites for hydroxylation is 1. The van der Waals surface area contributed by atoms with E-state index in [1.807, 2.05) is 47.4 Å². The van der Waals surface area contributed by atoms with Gasteiger partial charge in [0, 0.05) is 24.1 Å². The summed E-state index contributed by atoms with van der Waals surface area (Å²) < 4.78 is 6.03. The Bertz CT molecular complexity index is 977. The Kier molecular flexibility index (Phi) is 3.14. The summed E-state index contributed by atoms with van der Waals surface area (Å²) in [4.78, 5) is 27.5. The van der Waals surface area contributed by atoms with Crippen LogP contribution in [0.1, 0.15) is 29.5 Å². The van der Waals surface area contributed by atoms with Gasteiger partial charge in [-0.05, 0) is 24.1 Å². The minimum absolute atomic E-state index is 0.0514. The third-order valence-electron chi connectivity index (χ3n) is 5.92. The van der Waals surface area contributed by atoms with Gasteiger partial charge in [0.05, 0.1) is 12.0 Å². The summed E-state index contributed by atoms with van der Waals surface area (Å²) in [6, 6.07) is 15.8. The van der Waals surface area contributed by atoms with Crippen molar-refractivity contribution in [3.05, 3.63) is 77.0 Å². The molecule has 1 saturated heterocycles. The number of amides is 1. The van der Waals surface area contributed by atoms with E-state index in [-0.39, 0.29) is 18.1 Å². The van der Waals surface area contributed by atoms with Crippen LogP contribution in [0.4, 0.5) is 0 Å².